The summed E-state index contributed by atoms with van der Waals surface area (Å²) in [5.41, 5.74) is 1.96. The molecule has 0 saturated carbocycles. The Balaban J connectivity index is 1.78. The van der Waals surface area contributed by atoms with Gasteiger partial charge in [-0.25, -0.2) is 0 Å². The largest absolute Gasteiger partial charge is 0.416 e. The van der Waals surface area contributed by atoms with Gasteiger partial charge in [-0.05, 0) is 53.8 Å². The molecule has 5 heteroatoms. The smallest absolute Gasteiger partial charge is 0.378 e. The average Bonchev–Trinajstić information content (AvgIpc) is 3.02. The highest BCUT2D eigenvalue weighted by atomic mass is 35.5. The Morgan fingerprint density at radius 3 is 2.67 bits per heavy atom. The number of fused-ring (bicyclic) bond motifs is 3. The van der Waals surface area contributed by atoms with Crippen LogP contribution >= 0.6 is 11.6 Å². The van der Waals surface area contributed by atoms with Gasteiger partial charge in [-0.1, -0.05) is 35.9 Å². The highest BCUT2D eigenvalue weighted by Crippen LogP contribution is 2.50. The zero-order valence-corrected chi connectivity index (χ0v) is 13.4. The van der Waals surface area contributed by atoms with E-state index in [1.165, 1.54) is 12.1 Å². The minimum absolute atomic E-state index is 0.00692. The van der Waals surface area contributed by atoms with Crippen molar-refractivity contribution < 1.29 is 13.2 Å². The van der Waals surface area contributed by atoms with Crippen LogP contribution in [-0.2, 0) is 6.18 Å². The van der Waals surface area contributed by atoms with Gasteiger partial charge in [0.2, 0.25) is 0 Å². The first-order chi connectivity index (χ1) is 11.4. The molecule has 1 aliphatic heterocycles. The van der Waals surface area contributed by atoms with Crippen LogP contribution in [0.2, 0.25) is 5.02 Å². The first kappa shape index (κ1) is 15.6. The summed E-state index contributed by atoms with van der Waals surface area (Å²) < 4.78 is 39.1. The fourth-order valence-electron chi connectivity index (χ4n) is 3.80. The lowest BCUT2D eigenvalue weighted by Gasteiger charge is -2.38. The molecule has 0 radical (unpaired) electrons. The Morgan fingerprint density at radius 2 is 1.92 bits per heavy atom. The molecular formula is C19H15ClF3N. The van der Waals surface area contributed by atoms with Crippen LogP contribution in [-0.4, -0.2) is 0 Å². The van der Waals surface area contributed by atoms with Crippen molar-refractivity contribution in [3.63, 3.8) is 0 Å². The van der Waals surface area contributed by atoms with Gasteiger partial charge in [-0.2, -0.15) is 13.2 Å². The maximum atomic E-state index is 13.0. The van der Waals surface area contributed by atoms with Gasteiger partial charge < -0.3 is 5.32 Å². The van der Waals surface area contributed by atoms with Crippen molar-refractivity contribution in [3.8, 4) is 0 Å². The summed E-state index contributed by atoms with van der Waals surface area (Å²) in [5, 5.41) is 4.09. The highest BCUT2D eigenvalue weighted by Gasteiger charge is 2.39. The average molecular weight is 350 g/mol. The van der Waals surface area contributed by atoms with E-state index >= 15 is 0 Å². The molecule has 1 N–H and O–H groups in total. The van der Waals surface area contributed by atoms with E-state index in [0.717, 1.165) is 29.3 Å². The molecule has 124 valence electrons. The number of halogens is 4. The molecule has 1 heterocycles. The SMILES string of the molecule is FC(F)(F)c1ccc2c(c1)[C@@H]1C=CC[C@H]1[C@@H](c1cccc(Cl)c1)N2. The maximum absolute atomic E-state index is 13.0. The monoisotopic (exact) mass is 349 g/mol. The van der Waals surface area contributed by atoms with Crippen LogP contribution in [0.5, 0.6) is 0 Å². The number of rotatable bonds is 1. The second-order valence-electron chi connectivity index (χ2n) is 6.33. The number of hydrogen-bond donors (Lipinski definition) is 1. The van der Waals surface area contributed by atoms with E-state index in [0.29, 0.717) is 5.02 Å². The van der Waals surface area contributed by atoms with Crippen LogP contribution in [0.25, 0.3) is 0 Å². The van der Waals surface area contributed by atoms with Gasteiger partial charge in [0.1, 0.15) is 0 Å². The van der Waals surface area contributed by atoms with E-state index in [2.05, 4.69) is 11.4 Å². The van der Waals surface area contributed by atoms with Crippen molar-refractivity contribution in [3.05, 3.63) is 76.3 Å². The minimum Gasteiger partial charge on any atom is -0.378 e. The zero-order valence-electron chi connectivity index (χ0n) is 12.6. The van der Waals surface area contributed by atoms with E-state index in [-0.39, 0.29) is 17.9 Å². The standard InChI is InChI=1S/C19H15ClF3N/c20-13-4-1-3-11(9-13)18-15-6-2-5-14(15)16-10-12(19(21,22)23)7-8-17(16)24-18/h1-5,7-10,14-15,18,24H,6H2/t14-,15-,18-/m1/s1. The van der Waals surface area contributed by atoms with E-state index in [1.807, 2.05) is 30.3 Å². The molecule has 0 amide bonds. The molecule has 0 fully saturated rings. The number of benzene rings is 2. The van der Waals surface area contributed by atoms with Crippen molar-refractivity contribution in [1.82, 2.24) is 0 Å². The number of hydrogen-bond acceptors (Lipinski definition) is 1. The second kappa shape index (κ2) is 5.55. The third-order valence-corrected chi connectivity index (χ3v) is 5.13. The second-order valence-corrected chi connectivity index (χ2v) is 6.77. The summed E-state index contributed by atoms with van der Waals surface area (Å²) in [7, 11) is 0. The molecule has 0 spiro atoms. The van der Waals surface area contributed by atoms with Gasteiger partial charge in [0.05, 0.1) is 11.6 Å². The molecule has 1 nitrogen and oxygen atoms in total. The Hall–Kier alpha value is -1.94. The van der Waals surface area contributed by atoms with E-state index in [4.69, 9.17) is 11.6 Å². The number of alkyl halides is 3. The predicted molar refractivity (Wildman–Crippen MR) is 89.2 cm³/mol. The summed E-state index contributed by atoms with van der Waals surface area (Å²) >= 11 is 6.11. The van der Waals surface area contributed by atoms with Crippen LogP contribution in [0.4, 0.5) is 18.9 Å². The van der Waals surface area contributed by atoms with Gasteiger partial charge >= 0.3 is 6.18 Å². The quantitative estimate of drug-likeness (QED) is 0.606. The predicted octanol–water partition coefficient (Wildman–Crippen LogP) is 6.19. The van der Waals surface area contributed by atoms with E-state index in [1.54, 1.807) is 0 Å². The lowest BCUT2D eigenvalue weighted by molar-refractivity contribution is -0.137. The molecule has 2 aromatic carbocycles. The van der Waals surface area contributed by atoms with E-state index in [9.17, 15) is 13.2 Å². The van der Waals surface area contributed by atoms with Crippen LogP contribution in [0.1, 0.15) is 35.1 Å². The number of allylic oxidation sites excluding steroid dienone is 2. The first-order valence-electron chi connectivity index (χ1n) is 7.83. The summed E-state index contributed by atoms with van der Waals surface area (Å²) in [5.74, 6) is 0.187. The first-order valence-corrected chi connectivity index (χ1v) is 8.21. The molecule has 0 saturated heterocycles. The Bertz CT molecular complexity index is 812. The van der Waals surface area contributed by atoms with Crippen LogP contribution < -0.4 is 5.32 Å². The summed E-state index contributed by atoms with van der Waals surface area (Å²) in [6.07, 6.45) is 0.604. The molecule has 0 bridgehead atoms. The topological polar surface area (TPSA) is 12.0 Å². The molecule has 24 heavy (non-hydrogen) atoms. The van der Waals surface area contributed by atoms with Crippen molar-refractivity contribution in [2.75, 3.05) is 5.32 Å². The van der Waals surface area contributed by atoms with Crippen LogP contribution in [0, 0.1) is 5.92 Å². The van der Waals surface area contributed by atoms with Gasteiger partial charge in [0.15, 0.2) is 0 Å². The Kier molecular flexibility index (Phi) is 3.61. The number of nitrogens with one attached hydrogen (secondary N) is 1. The number of anilines is 1. The molecule has 1 aliphatic carbocycles. The van der Waals surface area contributed by atoms with Crippen molar-refractivity contribution >= 4 is 17.3 Å². The lowest BCUT2D eigenvalue weighted by atomic mass is 9.76. The summed E-state index contributed by atoms with van der Waals surface area (Å²) in [6.45, 7) is 0. The van der Waals surface area contributed by atoms with Crippen LogP contribution in [0.15, 0.2) is 54.6 Å². The lowest BCUT2D eigenvalue weighted by Crippen LogP contribution is -2.29. The fraction of sp³-hybridized carbons (Fsp3) is 0.263. The van der Waals surface area contributed by atoms with Gasteiger partial charge in [0, 0.05) is 16.6 Å². The molecule has 3 atom stereocenters. The van der Waals surface area contributed by atoms with Crippen LogP contribution in [0.3, 0.4) is 0 Å². The van der Waals surface area contributed by atoms with Gasteiger partial charge in [-0.3, -0.25) is 0 Å². The van der Waals surface area contributed by atoms with Gasteiger partial charge in [0.25, 0.3) is 0 Å². The summed E-state index contributed by atoms with van der Waals surface area (Å²) in [6, 6.07) is 11.6. The third kappa shape index (κ3) is 2.59. The van der Waals surface area contributed by atoms with Crippen molar-refractivity contribution in [1.29, 1.82) is 0 Å². The van der Waals surface area contributed by atoms with Crippen molar-refractivity contribution in [2.45, 2.75) is 24.6 Å². The highest BCUT2D eigenvalue weighted by molar-refractivity contribution is 6.30. The molecule has 4 rings (SSSR count). The van der Waals surface area contributed by atoms with Crippen molar-refractivity contribution in [2.24, 2.45) is 5.92 Å². The summed E-state index contributed by atoms with van der Waals surface area (Å²) in [4.78, 5) is 0. The zero-order chi connectivity index (χ0) is 16.9. The maximum Gasteiger partial charge on any atom is 0.416 e. The fourth-order valence-corrected chi connectivity index (χ4v) is 4.00. The molecule has 0 aromatic heterocycles. The molecular weight excluding hydrogens is 335 g/mol. The van der Waals surface area contributed by atoms with E-state index < -0.39 is 11.7 Å². The molecule has 2 aliphatic rings. The Labute approximate surface area is 143 Å². The third-order valence-electron chi connectivity index (χ3n) is 4.90. The normalized spacial score (nSPS) is 25.1. The molecule has 0 unspecified atom stereocenters. The Morgan fingerprint density at radius 1 is 1.08 bits per heavy atom. The molecule has 2 aromatic rings. The minimum atomic E-state index is -4.32. The van der Waals surface area contributed by atoms with Gasteiger partial charge in [-0.15, -0.1) is 0 Å².